The highest BCUT2D eigenvalue weighted by Gasteiger charge is 1.85. The predicted molar refractivity (Wildman–Crippen MR) is 34.7 cm³/mol. The average Bonchev–Trinajstić information content (AvgIpc) is 1.97. The molecule has 0 heterocycles. The van der Waals surface area contributed by atoms with Crippen molar-refractivity contribution >= 4 is 6.29 Å². The highest BCUT2D eigenvalue weighted by atomic mass is 16.7. The average molecular weight is 148 g/mol. The van der Waals surface area contributed by atoms with Crippen LogP contribution in [0.4, 0.5) is 0 Å². The number of hydrogen-bond donors (Lipinski definition) is 0. The highest BCUT2D eigenvalue weighted by molar-refractivity contribution is 5.50. The topological polar surface area (TPSA) is 44.8 Å². The SMILES string of the molecule is COCCOCOCC=O. The fraction of sp³-hybridized carbons (Fsp3) is 0.833. The van der Waals surface area contributed by atoms with Crippen molar-refractivity contribution in [1.82, 2.24) is 0 Å². The van der Waals surface area contributed by atoms with Gasteiger partial charge in [0.05, 0.1) is 13.2 Å². The van der Waals surface area contributed by atoms with Crippen molar-refractivity contribution < 1.29 is 19.0 Å². The molecule has 4 nitrogen and oxygen atoms in total. The Morgan fingerprint density at radius 2 is 2.10 bits per heavy atom. The first-order chi connectivity index (χ1) is 4.91. The Hall–Kier alpha value is -0.450. The summed E-state index contributed by atoms with van der Waals surface area (Å²) in [6, 6.07) is 0. The van der Waals surface area contributed by atoms with E-state index >= 15 is 0 Å². The third-order valence-electron chi connectivity index (χ3n) is 0.784. The van der Waals surface area contributed by atoms with Gasteiger partial charge in [-0.3, -0.25) is 0 Å². The number of carbonyl (C=O) groups is 1. The summed E-state index contributed by atoms with van der Waals surface area (Å²) < 4.78 is 14.3. The van der Waals surface area contributed by atoms with Gasteiger partial charge in [-0.2, -0.15) is 0 Å². The van der Waals surface area contributed by atoms with Crippen LogP contribution in [-0.4, -0.2) is 40.0 Å². The van der Waals surface area contributed by atoms with Gasteiger partial charge in [-0.15, -0.1) is 0 Å². The van der Waals surface area contributed by atoms with Gasteiger partial charge in [0.1, 0.15) is 19.7 Å². The van der Waals surface area contributed by atoms with Crippen LogP contribution >= 0.6 is 0 Å². The molecule has 10 heavy (non-hydrogen) atoms. The van der Waals surface area contributed by atoms with E-state index in [2.05, 4.69) is 4.74 Å². The minimum Gasteiger partial charge on any atom is -0.382 e. The molecule has 0 aromatic carbocycles. The lowest BCUT2D eigenvalue weighted by Gasteiger charge is -2.01. The molecule has 0 bridgehead atoms. The summed E-state index contributed by atoms with van der Waals surface area (Å²) in [7, 11) is 1.59. The van der Waals surface area contributed by atoms with Gasteiger partial charge in [-0.25, -0.2) is 0 Å². The molecule has 0 atom stereocenters. The van der Waals surface area contributed by atoms with Crippen molar-refractivity contribution in [3.05, 3.63) is 0 Å². The molecule has 0 aliphatic carbocycles. The van der Waals surface area contributed by atoms with Gasteiger partial charge in [0.15, 0.2) is 0 Å². The van der Waals surface area contributed by atoms with Crippen LogP contribution in [0.2, 0.25) is 0 Å². The van der Waals surface area contributed by atoms with Gasteiger partial charge in [-0.05, 0) is 0 Å². The second kappa shape index (κ2) is 8.55. The first kappa shape index (κ1) is 9.55. The van der Waals surface area contributed by atoms with Crippen molar-refractivity contribution in [3.63, 3.8) is 0 Å². The summed E-state index contributed by atoms with van der Waals surface area (Å²) in [5, 5.41) is 0. The molecule has 0 unspecified atom stereocenters. The monoisotopic (exact) mass is 148 g/mol. The van der Waals surface area contributed by atoms with Gasteiger partial charge in [0.2, 0.25) is 0 Å². The van der Waals surface area contributed by atoms with E-state index in [-0.39, 0.29) is 13.4 Å². The largest absolute Gasteiger partial charge is 0.382 e. The van der Waals surface area contributed by atoms with Crippen LogP contribution in [0.1, 0.15) is 0 Å². The fourth-order valence-electron chi connectivity index (χ4n) is 0.356. The number of carbonyl (C=O) groups excluding carboxylic acids is 1. The molecule has 4 heteroatoms. The Morgan fingerprint density at radius 3 is 2.70 bits per heavy atom. The van der Waals surface area contributed by atoms with E-state index < -0.39 is 0 Å². The summed E-state index contributed by atoms with van der Waals surface area (Å²) in [6.45, 7) is 1.29. The summed E-state index contributed by atoms with van der Waals surface area (Å²) in [6.07, 6.45) is 0.680. The molecular formula is C6H12O4. The second-order valence-corrected chi connectivity index (χ2v) is 1.56. The molecule has 0 fully saturated rings. The maximum atomic E-state index is 9.69. The number of aldehydes is 1. The molecule has 0 aromatic heterocycles. The Labute approximate surface area is 60.1 Å². The van der Waals surface area contributed by atoms with Gasteiger partial charge in [-0.1, -0.05) is 0 Å². The van der Waals surface area contributed by atoms with Gasteiger partial charge >= 0.3 is 0 Å². The van der Waals surface area contributed by atoms with E-state index in [9.17, 15) is 4.79 Å². The van der Waals surface area contributed by atoms with Crippen LogP contribution in [0.25, 0.3) is 0 Å². The minimum absolute atomic E-state index is 0.0903. The molecule has 0 aliphatic heterocycles. The molecule has 0 aliphatic rings. The fourth-order valence-corrected chi connectivity index (χ4v) is 0.356. The lowest BCUT2D eigenvalue weighted by molar-refractivity contribution is -0.119. The molecule has 60 valence electrons. The zero-order chi connectivity index (χ0) is 7.66. The lowest BCUT2D eigenvalue weighted by Crippen LogP contribution is -2.06. The lowest BCUT2D eigenvalue weighted by atomic mass is 10.8. The maximum Gasteiger partial charge on any atom is 0.147 e. The van der Waals surface area contributed by atoms with Crippen LogP contribution in [-0.2, 0) is 19.0 Å². The van der Waals surface area contributed by atoms with Crippen LogP contribution in [0.3, 0.4) is 0 Å². The number of methoxy groups -OCH3 is 1. The summed E-state index contributed by atoms with van der Waals surface area (Å²) in [4.78, 5) is 9.69. The molecule has 0 amide bonds. The molecule has 0 saturated carbocycles. The van der Waals surface area contributed by atoms with Gasteiger partial charge < -0.3 is 19.0 Å². The first-order valence-corrected chi connectivity index (χ1v) is 3.00. The molecule has 0 radical (unpaired) electrons. The second-order valence-electron chi connectivity index (χ2n) is 1.56. The smallest absolute Gasteiger partial charge is 0.147 e. The van der Waals surface area contributed by atoms with E-state index in [0.717, 1.165) is 0 Å². The quantitative estimate of drug-likeness (QED) is 0.285. The van der Waals surface area contributed by atoms with E-state index in [1.807, 2.05) is 0 Å². The molecule has 0 aromatic rings. The van der Waals surface area contributed by atoms with Crippen LogP contribution < -0.4 is 0 Å². The third-order valence-corrected chi connectivity index (χ3v) is 0.784. The van der Waals surface area contributed by atoms with Crippen LogP contribution in [0, 0.1) is 0 Å². The van der Waals surface area contributed by atoms with Gasteiger partial charge in [0.25, 0.3) is 0 Å². The zero-order valence-corrected chi connectivity index (χ0v) is 6.04. The summed E-state index contributed by atoms with van der Waals surface area (Å²) >= 11 is 0. The van der Waals surface area contributed by atoms with Crippen LogP contribution in [0.5, 0.6) is 0 Å². The van der Waals surface area contributed by atoms with Crippen molar-refractivity contribution in [3.8, 4) is 0 Å². The Balaban J connectivity index is 2.70. The minimum atomic E-state index is 0.0903. The summed E-state index contributed by atoms with van der Waals surface area (Å²) in [5.41, 5.74) is 0. The number of hydrogen-bond acceptors (Lipinski definition) is 4. The molecular weight excluding hydrogens is 136 g/mol. The van der Waals surface area contributed by atoms with Crippen molar-refractivity contribution in [1.29, 1.82) is 0 Å². The molecule has 0 rings (SSSR count). The highest BCUT2D eigenvalue weighted by Crippen LogP contribution is 1.76. The Bertz CT molecular complexity index is 74.1. The van der Waals surface area contributed by atoms with Gasteiger partial charge in [0, 0.05) is 7.11 Å². The first-order valence-electron chi connectivity index (χ1n) is 3.00. The van der Waals surface area contributed by atoms with Crippen molar-refractivity contribution in [2.45, 2.75) is 0 Å². The number of rotatable bonds is 7. The Morgan fingerprint density at radius 1 is 1.30 bits per heavy atom. The Kier molecular flexibility index (Phi) is 8.17. The third kappa shape index (κ3) is 7.55. The van der Waals surface area contributed by atoms with E-state index in [0.29, 0.717) is 19.5 Å². The van der Waals surface area contributed by atoms with Crippen molar-refractivity contribution in [2.75, 3.05) is 33.7 Å². The summed E-state index contributed by atoms with van der Waals surface area (Å²) in [5.74, 6) is 0. The standard InChI is InChI=1S/C6H12O4/c1-8-4-5-10-6-9-3-2-7/h2H,3-6H2,1H3. The van der Waals surface area contributed by atoms with E-state index in [1.54, 1.807) is 7.11 Å². The molecule has 0 spiro atoms. The van der Waals surface area contributed by atoms with E-state index in [4.69, 9.17) is 9.47 Å². The molecule has 0 saturated heterocycles. The molecule has 0 N–H and O–H groups in total. The number of ether oxygens (including phenoxy) is 3. The predicted octanol–water partition coefficient (Wildman–Crippen LogP) is -0.178. The zero-order valence-electron chi connectivity index (χ0n) is 6.04. The van der Waals surface area contributed by atoms with Crippen LogP contribution in [0.15, 0.2) is 0 Å². The maximum absolute atomic E-state index is 9.69. The van der Waals surface area contributed by atoms with Crippen molar-refractivity contribution in [2.24, 2.45) is 0 Å². The van der Waals surface area contributed by atoms with E-state index in [1.165, 1.54) is 0 Å². The normalized spacial score (nSPS) is 9.70.